The van der Waals surface area contributed by atoms with E-state index in [1.54, 1.807) is 25.1 Å². The summed E-state index contributed by atoms with van der Waals surface area (Å²) in [4.78, 5) is 13.9. The summed E-state index contributed by atoms with van der Waals surface area (Å²) >= 11 is 0. The molecule has 11 heavy (non-hydrogen) atoms. The Hall–Kier alpha value is -1.32. The number of hydrogen-bond donors (Lipinski definition) is 1. The van der Waals surface area contributed by atoms with Gasteiger partial charge in [0.15, 0.2) is 0 Å². The first-order valence-electron chi connectivity index (χ1n) is 3.48. The van der Waals surface area contributed by atoms with E-state index in [2.05, 4.69) is 10.3 Å². The third-order valence-corrected chi connectivity index (χ3v) is 1.50. The van der Waals surface area contributed by atoms with E-state index in [-0.39, 0.29) is 6.17 Å². The molecule has 0 fully saturated rings. The van der Waals surface area contributed by atoms with Crippen molar-refractivity contribution in [2.75, 3.05) is 0 Å². The van der Waals surface area contributed by atoms with E-state index in [0.717, 1.165) is 6.42 Å². The van der Waals surface area contributed by atoms with Gasteiger partial charge in [0.25, 0.3) is 0 Å². The Balaban J connectivity index is 2.62. The Bertz CT molecular complexity index is 207. The second-order valence-corrected chi connectivity index (χ2v) is 2.18. The molecule has 1 amide bonds. The number of nitrogens with zero attached hydrogens (tertiary/aromatic N) is 2. The van der Waals surface area contributed by atoms with Gasteiger partial charge < -0.3 is 9.88 Å². The van der Waals surface area contributed by atoms with Gasteiger partial charge in [-0.15, -0.1) is 0 Å². The third-order valence-electron chi connectivity index (χ3n) is 1.50. The Kier molecular flexibility index (Phi) is 2.66. The van der Waals surface area contributed by atoms with Crippen LogP contribution < -0.4 is 5.32 Å². The van der Waals surface area contributed by atoms with Crippen LogP contribution in [-0.4, -0.2) is 16.0 Å². The predicted octanol–water partition coefficient (Wildman–Crippen LogP) is 0.448. The van der Waals surface area contributed by atoms with Crippen molar-refractivity contribution >= 4 is 6.41 Å². The highest BCUT2D eigenvalue weighted by Gasteiger charge is 2.04. The molecule has 1 rings (SSSR count). The highest BCUT2D eigenvalue weighted by Crippen LogP contribution is 2.04. The molecule has 0 bridgehead atoms. The van der Waals surface area contributed by atoms with Gasteiger partial charge in [-0.3, -0.25) is 4.79 Å². The molecular weight excluding hydrogens is 142 g/mol. The molecule has 1 unspecified atom stereocenters. The highest BCUT2D eigenvalue weighted by molar-refractivity contribution is 5.47. The molecule has 1 aromatic heterocycles. The molecule has 0 aliphatic carbocycles. The van der Waals surface area contributed by atoms with Crippen molar-refractivity contribution in [1.29, 1.82) is 0 Å². The standard InChI is InChI=1S/C7H10N3O/c1-2-7(9-6-11)10-4-3-8-5-10/h3-5,7H,2H2,1H3,(H,9,11). The van der Waals surface area contributed by atoms with Crippen LogP contribution in [0.5, 0.6) is 0 Å². The van der Waals surface area contributed by atoms with Gasteiger partial charge in [0.1, 0.15) is 6.17 Å². The zero-order valence-electron chi connectivity index (χ0n) is 6.32. The Morgan fingerprint density at radius 3 is 3.09 bits per heavy atom. The molecule has 1 radical (unpaired) electrons. The minimum absolute atomic E-state index is 0.0185. The van der Waals surface area contributed by atoms with Gasteiger partial charge in [0.2, 0.25) is 0 Å². The number of imidazole rings is 1. The SMILES string of the molecule is CCC(N[C]=O)n1ccnc1. The second kappa shape index (κ2) is 3.75. The Morgan fingerprint density at radius 1 is 1.82 bits per heavy atom. The molecule has 4 nitrogen and oxygen atoms in total. The van der Waals surface area contributed by atoms with Crippen LogP contribution in [0.25, 0.3) is 0 Å². The Labute approximate surface area is 65.2 Å². The second-order valence-electron chi connectivity index (χ2n) is 2.18. The summed E-state index contributed by atoms with van der Waals surface area (Å²) in [6.45, 7) is 1.98. The van der Waals surface area contributed by atoms with E-state index in [1.807, 2.05) is 11.5 Å². The van der Waals surface area contributed by atoms with E-state index in [9.17, 15) is 4.79 Å². The lowest BCUT2D eigenvalue weighted by molar-refractivity contribution is 0.433. The molecule has 0 spiro atoms. The summed E-state index contributed by atoms with van der Waals surface area (Å²) in [5.41, 5.74) is 0. The van der Waals surface area contributed by atoms with E-state index in [1.165, 1.54) is 0 Å². The van der Waals surface area contributed by atoms with Crippen LogP contribution in [0.15, 0.2) is 18.7 Å². The number of aromatic nitrogens is 2. The van der Waals surface area contributed by atoms with Crippen molar-refractivity contribution in [2.45, 2.75) is 19.5 Å². The maximum Gasteiger partial charge on any atom is 0.310 e. The number of amides is 1. The summed E-state index contributed by atoms with van der Waals surface area (Å²) in [6, 6.07) is 0. The van der Waals surface area contributed by atoms with E-state index in [0.29, 0.717) is 0 Å². The van der Waals surface area contributed by atoms with Crippen molar-refractivity contribution in [3.8, 4) is 0 Å². The lowest BCUT2D eigenvalue weighted by atomic mass is 10.4. The van der Waals surface area contributed by atoms with Gasteiger partial charge in [-0.05, 0) is 6.42 Å². The first-order chi connectivity index (χ1) is 5.38. The summed E-state index contributed by atoms with van der Waals surface area (Å²) in [5.74, 6) is 0. The molecule has 4 heteroatoms. The Morgan fingerprint density at radius 2 is 2.64 bits per heavy atom. The zero-order valence-corrected chi connectivity index (χ0v) is 6.32. The summed E-state index contributed by atoms with van der Waals surface area (Å²) in [7, 11) is 0. The quantitative estimate of drug-likeness (QED) is 0.637. The first kappa shape index (κ1) is 7.78. The van der Waals surface area contributed by atoms with Crippen LogP contribution in [0, 0.1) is 0 Å². The molecule has 1 heterocycles. The zero-order chi connectivity index (χ0) is 8.10. The van der Waals surface area contributed by atoms with Crippen molar-refractivity contribution < 1.29 is 4.79 Å². The highest BCUT2D eigenvalue weighted by atomic mass is 16.1. The van der Waals surface area contributed by atoms with Crippen LogP contribution in [-0.2, 0) is 4.79 Å². The lowest BCUT2D eigenvalue weighted by Crippen LogP contribution is -2.23. The van der Waals surface area contributed by atoms with Crippen molar-refractivity contribution in [3.05, 3.63) is 18.7 Å². The van der Waals surface area contributed by atoms with Gasteiger partial charge >= 0.3 is 6.41 Å². The minimum Gasteiger partial charge on any atom is -0.327 e. The monoisotopic (exact) mass is 152 g/mol. The average molecular weight is 152 g/mol. The molecule has 1 atom stereocenters. The summed E-state index contributed by atoms with van der Waals surface area (Å²) < 4.78 is 1.82. The molecule has 1 N–H and O–H groups in total. The summed E-state index contributed by atoms with van der Waals surface area (Å²) in [5, 5.41) is 2.55. The van der Waals surface area contributed by atoms with Gasteiger partial charge in [0, 0.05) is 12.4 Å². The maximum absolute atomic E-state index is 10.00. The van der Waals surface area contributed by atoms with Gasteiger partial charge in [-0.1, -0.05) is 6.92 Å². The van der Waals surface area contributed by atoms with Gasteiger partial charge in [-0.25, -0.2) is 4.98 Å². The number of carbonyl (C=O) groups excluding carboxylic acids is 1. The molecule has 0 saturated heterocycles. The van der Waals surface area contributed by atoms with E-state index < -0.39 is 0 Å². The molecule has 0 aromatic carbocycles. The normalized spacial score (nSPS) is 12.5. The van der Waals surface area contributed by atoms with Crippen molar-refractivity contribution in [2.24, 2.45) is 0 Å². The topological polar surface area (TPSA) is 46.9 Å². The number of rotatable bonds is 4. The largest absolute Gasteiger partial charge is 0.327 e. The van der Waals surface area contributed by atoms with Gasteiger partial charge in [-0.2, -0.15) is 0 Å². The van der Waals surface area contributed by atoms with Crippen LogP contribution in [0.3, 0.4) is 0 Å². The molecule has 0 saturated carbocycles. The van der Waals surface area contributed by atoms with Gasteiger partial charge in [0.05, 0.1) is 6.33 Å². The molecule has 0 aliphatic rings. The fourth-order valence-electron chi connectivity index (χ4n) is 0.909. The smallest absolute Gasteiger partial charge is 0.310 e. The predicted molar refractivity (Wildman–Crippen MR) is 40.4 cm³/mol. The fourth-order valence-corrected chi connectivity index (χ4v) is 0.909. The average Bonchev–Trinajstić information content (AvgIpc) is 2.52. The minimum atomic E-state index is -0.0185. The maximum atomic E-state index is 10.00. The third kappa shape index (κ3) is 1.80. The molecule has 0 aliphatic heterocycles. The molecular formula is C7H10N3O. The molecule has 59 valence electrons. The van der Waals surface area contributed by atoms with Crippen LogP contribution in [0.4, 0.5) is 0 Å². The van der Waals surface area contributed by atoms with Crippen molar-refractivity contribution in [3.63, 3.8) is 0 Å². The summed E-state index contributed by atoms with van der Waals surface area (Å²) in [6.07, 6.45) is 7.61. The van der Waals surface area contributed by atoms with E-state index in [4.69, 9.17) is 0 Å². The lowest BCUT2D eigenvalue weighted by Gasteiger charge is -2.13. The molecule has 1 aromatic rings. The fraction of sp³-hybridized carbons (Fsp3) is 0.429. The van der Waals surface area contributed by atoms with Crippen molar-refractivity contribution in [1.82, 2.24) is 14.9 Å². The first-order valence-corrected chi connectivity index (χ1v) is 3.48. The number of nitrogens with one attached hydrogen (secondary N) is 1. The van der Waals surface area contributed by atoms with Crippen LogP contribution in [0.1, 0.15) is 19.5 Å². The number of hydrogen-bond acceptors (Lipinski definition) is 2. The van der Waals surface area contributed by atoms with Crippen LogP contribution in [0.2, 0.25) is 0 Å². The van der Waals surface area contributed by atoms with E-state index >= 15 is 0 Å². The van der Waals surface area contributed by atoms with Crippen LogP contribution >= 0.6 is 0 Å².